The predicted molar refractivity (Wildman–Crippen MR) is 57.0 cm³/mol. The number of nitrogen functional groups attached to an aromatic ring is 1. The van der Waals surface area contributed by atoms with Crippen LogP contribution in [0, 0.1) is 5.92 Å². The molecule has 0 saturated heterocycles. The molecular weight excluding hydrogens is 192 g/mol. The Hall–Kier alpha value is -1.78. The van der Waals surface area contributed by atoms with E-state index in [1.165, 1.54) is 0 Å². The van der Waals surface area contributed by atoms with Crippen LogP contribution in [0.1, 0.15) is 13.8 Å². The lowest BCUT2D eigenvalue weighted by Gasteiger charge is -2.02. The molecule has 2 rings (SSSR count). The van der Waals surface area contributed by atoms with Gasteiger partial charge >= 0.3 is 0 Å². The Morgan fingerprint density at radius 1 is 1.53 bits per heavy atom. The SMILES string of the molecule is CC(C)Cn1cc(-c2cc(N)on2)cn1. The number of nitrogens with two attached hydrogens (primary N) is 1. The van der Waals surface area contributed by atoms with Gasteiger partial charge < -0.3 is 10.3 Å². The second-order valence-corrected chi connectivity index (χ2v) is 3.96. The summed E-state index contributed by atoms with van der Waals surface area (Å²) in [6.45, 7) is 5.19. The van der Waals surface area contributed by atoms with Gasteiger partial charge in [0.25, 0.3) is 0 Å². The van der Waals surface area contributed by atoms with Crippen molar-refractivity contribution in [3.63, 3.8) is 0 Å². The van der Waals surface area contributed by atoms with Crippen molar-refractivity contribution < 1.29 is 4.52 Å². The second kappa shape index (κ2) is 3.76. The van der Waals surface area contributed by atoms with Crippen LogP contribution in [0.15, 0.2) is 23.0 Å². The first-order chi connectivity index (χ1) is 7.15. The van der Waals surface area contributed by atoms with Crippen molar-refractivity contribution in [2.75, 3.05) is 5.73 Å². The first-order valence-corrected chi connectivity index (χ1v) is 4.90. The molecule has 0 saturated carbocycles. The summed E-state index contributed by atoms with van der Waals surface area (Å²) in [6, 6.07) is 1.69. The summed E-state index contributed by atoms with van der Waals surface area (Å²) in [7, 11) is 0. The van der Waals surface area contributed by atoms with Gasteiger partial charge in [0.1, 0.15) is 5.69 Å². The maximum absolute atomic E-state index is 5.45. The zero-order valence-electron chi connectivity index (χ0n) is 8.84. The van der Waals surface area contributed by atoms with Gasteiger partial charge in [-0.2, -0.15) is 5.10 Å². The quantitative estimate of drug-likeness (QED) is 0.830. The summed E-state index contributed by atoms with van der Waals surface area (Å²) in [4.78, 5) is 0. The van der Waals surface area contributed by atoms with E-state index in [9.17, 15) is 0 Å². The summed E-state index contributed by atoms with van der Waals surface area (Å²) in [5.41, 5.74) is 7.10. The van der Waals surface area contributed by atoms with Crippen molar-refractivity contribution in [1.82, 2.24) is 14.9 Å². The van der Waals surface area contributed by atoms with Crippen LogP contribution in [0.4, 0.5) is 5.88 Å². The molecule has 0 bridgehead atoms. The average molecular weight is 206 g/mol. The van der Waals surface area contributed by atoms with E-state index in [0.29, 0.717) is 11.8 Å². The number of rotatable bonds is 3. The lowest BCUT2D eigenvalue weighted by atomic mass is 10.2. The largest absolute Gasteiger partial charge is 0.368 e. The minimum atomic E-state index is 0.321. The van der Waals surface area contributed by atoms with E-state index < -0.39 is 0 Å². The molecule has 2 aromatic rings. The number of hydrogen-bond donors (Lipinski definition) is 1. The molecule has 0 atom stereocenters. The molecule has 5 nitrogen and oxygen atoms in total. The van der Waals surface area contributed by atoms with Gasteiger partial charge in [-0.1, -0.05) is 19.0 Å². The minimum Gasteiger partial charge on any atom is -0.368 e. The normalized spacial score (nSPS) is 11.1. The topological polar surface area (TPSA) is 69.9 Å². The lowest BCUT2D eigenvalue weighted by Crippen LogP contribution is -2.03. The third kappa shape index (κ3) is 2.18. The van der Waals surface area contributed by atoms with Crippen LogP contribution in [0.25, 0.3) is 11.3 Å². The highest BCUT2D eigenvalue weighted by atomic mass is 16.5. The van der Waals surface area contributed by atoms with Crippen molar-refractivity contribution in [3.8, 4) is 11.3 Å². The number of nitrogens with zero attached hydrogens (tertiary/aromatic N) is 3. The van der Waals surface area contributed by atoms with Gasteiger partial charge in [0.2, 0.25) is 5.88 Å². The maximum Gasteiger partial charge on any atom is 0.222 e. The van der Waals surface area contributed by atoms with Crippen LogP contribution < -0.4 is 5.73 Å². The summed E-state index contributed by atoms with van der Waals surface area (Å²) >= 11 is 0. The minimum absolute atomic E-state index is 0.321. The highest BCUT2D eigenvalue weighted by Gasteiger charge is 2.07. The van der Waals surface area contributed by atoms with Gasteiger partial charge in [-0.15, -0.1) is 0 Å². The number of hydrogen-bond acceptors (Lipinski definition) is 4. The molecule has 5 heteroatoms. The molecule has 0 amide bonds. The first-order valence-electron chi connectivity index (χ1n) is 4.90. The van der Waals surface area contributed by atoms with Crippen LogP contribution >= 0.6 is 0 Å². The highest BCUT2D eigenvalue weighted by Crippen LogP contribution is 2.19. The maximum atomic E-state index is 5.45. The fourth-order valence-corrected chi connectivity index (χ4v) is 1.40. The zero-order valence-corrected chi connectivity index (χ0v) is 8.84. The highest BCUT2D eigenvalue weighted by molar-refractivity contribution is 5.58. The second-order valence-electron chi connectivity index (χ2n) is 3.96. The summed E-state index contributed by atoms with van der Waals surface area (Å²) in [5.74, 6) is 0.890. The molecule has 15 heavy (non-hydrogen) atoms. The van der Waals surface area contributed by atoms with E-state index in [-0.39, 0.29) is 0 Å². The van der Waals surface area contributed by atoms with Crippen LogP contribution in [0.5, 0.6) is 0 Å². The molecule has 0 radical (unpaired) electrons. The molecule has 0 aliphatic heterocycles. The third-order valence-corrected chi connectivity index (χ3v) is 2.01. The summed E-state index contributed by atoms with van der Waals surface area (Å²) in [5, 5.41) is 8.06. The van der Waals surface area contributed by atoms with Crippen LogP contribution in [-0.2, 0) is 6.54 Å². The molecule has 80 valence electrons. The van der Waals surface area contributed by atoms with E-state index in [0.717, 1.165) is 17.8 Å². The zero-order chi connectivity index (χ0) is 10.8. The standard InChI is InChI=1S/C10H14N4O/c1-7(2)5-14-6-8(4-12-14)9-3-10(11)15-13-9/h3-4,6-7H,5,11H2,1-2H3. The monoisotopic (exact) mass is 206 g/mol. The summed E-state index contributed by atoms with van der Waals surface area (Å²) in [6.07, 6.45) is 3.71. The molecule has 2 aromatic heterocycles. The van der Waals surface area contributed by atoms with E-state index in [1.807, 2.05) is 10.9 Å². The van der Waals surface area contributed by atoms with Gasteiger partial charge in [0.05, 0.1) is 6.20 Å². The van der Waals surface area contributed by atoms with Gasteiger partial charge in [-0.3, -0.25) is 4.68 Å². The third-order valence-electron chi connectivity index (χ3n) is 2.01. The van der Waals surface area contributed by atoms with Gasteiger partial charge in [-0.25, -0.2) is 0 Å². The Morgan fingerprint density at radius 2 is 2.33 bits per heavy atom. The molecule has 0 unspecified atom stereocenters. The van der Waals surface area contributed by atoms with Crippen molar-refractivity contribution in [1.29, 1.82) is 0 Å². The molecule has 2 heterocycles. The van der Waals surface area contributed by atoms with Crippen molar-refractivity contribution in [2.24, 2.45) is 5.92 Å². The lowest BCUT2D eigenvalue weighted by molar-refractivity contribution is 0.439. The van der Waals surface area contributed by atoms with Crippen LogP contribution in [0.2, 0.25) is 0 Å². The first kappa shape index (κ1) is 9.76. The molecule has 0 aliphatic rings. The van der Waals surface area contributed by atoms with Gasteiger partial charge in [0, 0.05) is 24.4 Å². The fourth-order valence-electron chi connectivity index (χ4n) is 1.40. The Balaban J connectivity index is 2.20. The van der Waals surface area contributed by atoms with Crippen LogP contribution in [-0.4, -0.2) is 14.9 Å². The Kier molecular flexibility index (Phi) is 2.45. The fraction of sp³-hybridized carbons (Fsp3) is 0.400. The molecule has 0 aromatic carbocycles. The van der Waals surface area contributed by atoms with Crippen LogP contribution in [0.3, 0.4) is 0 Å². The Labute approximate surface area is 87.9 Å². The van der Waals surface area contributed by atoms with Crippen molar-refractivity contribution >= 4 is 5.88 Å². The number of anilines is 1. The van der Waals surface area contributed by atoms with Crippen molar-refractivity contribution in [3.05, 3.63) is 18.5 Å². The molecular formula is C10H14N4O. The predicted octanol–water partition coefficient (Wildman–Crippen LogP) is 1.78. The van der Waals surface area contributed by atoms with E-state index >= 15 is 0 Å². The van der Waals surface area contributed by atoms with E-state index in [2.05, 4.69) is 24.1 Å². The molecule has 0 spiro atoms. The van der Waals surface area contributed by atoms with E-state index in [4.69, 9.17) is 10.3 Å². The van der Waals surface area contributed by atoms with Gasteiger partial charge in [0.15, 0.2) is 0 Å². The Bertz CT molecular complexity index is 444. The molecule has 0 aliphatic carbocycles. The Morgan fingerprint density at radius 3 is 2.93 bits per heavy atom. The molecule has 0 fully saturated rings. The average Bonchev–Trinajstić information content (AvgIpc) is 2.72. The van der Waals surface area contributed by atoms with Gasteiger partial charge in [-0.05, 0) is 5.92 Å². The van der Waals surface area contributed by atoms with E-state index in [1.54, 1.807) is 12.3 Å². The number of aromatic nitrogens is 3. The smallest absolute Gasteiger partial charge is 0.222 e. The van der Waals surface area contributed by atoms with Crippen molar-refractivity contribution in [2.45, 2.75) is 20.4 Å². The summed E-state index contributed by atoms with van der Waals surface area (Å²) < 4.78 is 6.69. The molecule has 2 N–H and O–H groups in total.